The van der Waals surface area contributed by atoms with E-state index in [1.54, 1.807) is 16.0 Å². The van der Waals surface area contributed by atoms with Crippen LogP contribution in [0.3, 0.4) is 0 Å². The Bertz CT molecular complexity index is 715. The summed E-state index contributed by atoms with van der Waals surface area (Å²) in [7, 11) is 0. The number of anilines is 1. The van der Waals surface area contributed by atoms with Gasteiger partial charge in [-0.25, -0.2) is 4.98 Å². The van der Waals surface area contributed by atoms with E-state index in [1.807, 2.05) is 48.5 Å². The molecule has 0 aliphatic carbocycles. The van der Waals surface area contributed by atoms with E-state index in [0.717, 1.165) is 5.56 Å². The minimum absolute atomic E-state index is 0.0280. The fourth-order valence-corrected chi connectivity index (χ4v) is 2.64. The van der Waals surface area contributed by atoms with Crippen LogP contribution in [-0.2, 0) is 20.9 Å². The van der Waals surface area contributed by atoms with Crippen LogP contribution in [0.15, 0.2) is 54.7 Å². The molecule has 0 radical (unpaired) electrons. The van der Waals surface area contributed by atoms with Crippen molar-refractivity contribution in [1.29, 1.82) is 0 Å². The molecule has 0 N–H and O–H groups in total. The van der Waals surface area contributed by atoms with E-state index in [-0.39, 0.29) is 24.5 Å². The summed E-state index contributed by atoms with van der Waals surface area (Å²) in [6.45, 7) is 3.03. The van der Waals surface area contributed by atoms with Gasteiger partial charge in [-0.05, 0) is 17.7 Å². The van der Waals surface area contributed by atoms with Gasteiger partial charge in [-0.15, -0.1) is 0 Å². The predicted octanol–water partition coefficient (Wildman–Crippen LogP) is 1.86. The smallest absolute Gasteiger partial charge is 0.254 e. The van der Waals surface area contributed by atoms with Crippen LogP contribution in [0.5, 0.6) is 0 Å². The molecule has 1 fully saturated rings. The van der Waals surface area contributed by atoms with Crippen LogP contribution < -0.4 is 4.90 Å². The molecule has 1 aliphatic rings. The van der Waals surface area contributed by atoms with Crippen LogP contribution in [0.25, 0.3) is 0 Å². The van der Waals surface area contributed by atoms with Crippen molar-refractivity contribution in [2.45, 2.75) is 19.6 Å². The van der Waals surface area contributed by atoms with Crippen molar-refractivity contribution >= 4 is 17.6 Å². The average molecular weight is 339 g/mol. The monoisotopic (exact) mass is 339 g/mol. The van der Waals surface area contributed by atoms with Crippen LogP contribution in [0.2, 0.25) is 0 Å². The highest BCUT2D eigenvalue weighted by atomic mass is 16.5. The highest BCUT2D eigenvalue weighted by molar-refractivity contribution is 5.93. The highest BCUT2D eigenvalue weighted by Crippen LogP contribution is 2.16. The number of hydrogen-bond donors (Lipinski definition) is 0. The van der Waals surface area contributed by atoms with Crippen molar-refractivity contribution in [3.8, 4) is 0 Å². The third-order valence-corrected chi connectivity index (χ3v) is 4.15. The van der Waals surface area contributed by atoms with Gasteiger partial charge in [0.15, 0.2) is 0 Å². The Hall–Kier alpha value is -2.73. The number of rotatable bonds is 6. The standard InChI is InChI=1S/C19H21N3O3/c1-15(23)21-12-17(13-21)25-14-19(24)22(18-9-5-6-10-20-18)11-16-7-3-2-4-8-16/h2-10,17H,11-14H2,1H3. The molecule has 130 valence electrons. The lowest BCUT2D eigenvalue weighted by Gasteiger charge is -2.38. The molecule has 25 heavy (non-hydrogen) atoms. The second kappa shape index (κ2) is 7.90. The fraction of sp³-hybridized carbons (Fsp3) is 0.316. The summed E-state index contributed by atoms with van der Waals surface area (Å²) in [6, 6.07) is 15.2. The van der Waals surface area contributed by atoms with Gasteiger partial charge in [0, 0.05) is 26.2 Å². The second-order valence-corrected chi connectivity index (χ2v) is 6.01. The molecule has 0 unspecified atom stereocenters. The van der Waals surface area contributed by atoms with Crippen LogP contribution >= 0.6 is 0 Å². The zero-order chi connectivity index (χ0) is 17.6. The van der Waals surface area contributed by atoms with Crippen molar-refractivity contribution in [3.63, 3.8) is 0 Å². The van der Waals surface area contributed by atoms with Gasteiger partial charge in [-0.2, -0.15) is 0 Å². The number of hydrogen-bond acceptors (Lipinski definition) is 4. The molecule has 2 amide bonds. The summed E-state index contributed by atoms with van der Waals surface area (Å²) in [6.07, 6.45) is 1.59. The summed E-state index contributed by atoms with van der Waals surface area (Å²) in [5, 5.41) is 0. The number of benzene rings is 1. The number of amides is 2. The SMILES string of the molecule is CC(=O)N1CC(OCC(=O)N(Cc2ccccc2)c2ccccn2)C1. The lowest BCUT2D eigenvalue weighted by molar-refractivity contribution is -0.145. The van der Waals surface area contributed by atoms with Gasteiger partial charge in [0.2, 0.25) is 5.91 Å². The topological polar surface area (TPSA) is 62.7 Å². The van der Waals surface area contributed by atoms with Crippen LogP contribution in [-0.4, -0.2) is 47.5 Å². The summed E-state index contributed by atoms with van der Waals surface area (Å²) < 4.78 is 5.65. The van der Waals surface area contributed by atoms with Crippen molar-refractivity contribution in [2.24, 2.45) is 0 Å². The molecular weight excluding hydrogens is 318 g/mol. The summed E-state index contributed by atoms with van der Waals surface area (Å²) in [5.41, 5.74) is 1.02. The molecule has 1 aromatic heterocycles. The first-order valence-corrected chi connectivity index (χ1v) is 8.26. The van der Waals surface area contributed by atoms with E-state index < -0.39 is 0 Å². The number of nitrogens with zero attached hydrogens (tertiary/aromatic N) is 3. The Labute approximate surface area is 147 Å². The quantitative estimate of drug-likeness (QED) is 0.806. The fourth-order valence-electron chi connectivity index (χ4n) is 2.64. The van der Waals surface area contributed by atoms with E-state index in [2.05, 4.69) is 4.98 Å². The third kappa shape index (κ3) is 4.42. The van der Waals surface area contributed by atoms with Gasteiger partial charge in [0.1, 0.15) is 12.4 Å². The van der Waals surface area contributed by atoms with E-state index >= 15 is 0 Å². The molecule has 0 spiro atoms. The normalized spacial score (nSPS) is 14.0. The van der Waals surface area contributed by atoms with Crippen molar-refractivity contribution < 1.29 is 14.3 Å². The maximum Gasteiger partial charge on any atom is 0.254 e. The molecule has 2 heterocycles. The molecule has 2 aromatic rings. The highest BCUT2D eigenvalue weighted by Gasteiger charge is 2.30. The summed E-state index contributed by atoms with van der Waals surface area (Å²) in [5.74, 6) is 0.480. The van der Waals surface area contributed by atoms with Crippen LogP contribution in [0.4, 0.5) is 5.82 Å². The number of aromatic nitrogens is 1. The Balaban J connectivity index is 1.63. The molecule has 6 heteroatoms. The van der Waals surface area contributed by atoms with Gasteiger partial charge >= 0.3 is 0 Å². The molecule has 1 aromatic carbocycles. The Morgan fingerprint density at radius 2 is 1.88 bits per heavy atom. The predicted molar refractivity (Wildman–Crippen MR) is 93.9 cm³/mol. The number of carbonyl (C=O) groups excluding carboxylic acids is 2. The van der Waals surface area contributed by atoms with E-state index in [9.17, 15) is 9.59 Å². The molecule has 0 saturated carbocycles. The van der Waals surface area contributed by atoms with E-state index in [1.165, 1.54) is 6.92 Å². The third-order valence-electron chi connectivity index (χ3n) is 4.15. The molecule has 3 rings (SSSR count). The van der Waals surface area contributed by atoms with E-state index in [4.69, 9.17) is 4.74 Å². The zero-order valence-electron chi connectivity index (χ0n) is 14.2. The summed E-state index contributed by atoms with van der Waals surface area (Å²) >= 11 is 0. The van der Waals surface area contributed by atoms with Gasteiger partial charge in [0.25, 0.3) is 5.91 Å². The maximum absolute atomic E-state index is 12.7. The van der Waals surface area contributed by atoms with Crippen LogP contribution in [0, 0.1) is 0 Å². The second-order valence-electron chi connectivity index (χ2n) is 6.01. The first-order valence-electron chi connectivity index (χ1n) is 8.26. The largest absolute Gasteiger partial charge is 0.365 e. The maximum atomic E-state index is 12.7. The number of ether oxygens (including phenoxy) is 1. The van der Waals surface area contributed by atoms with Gasteiger partial charge < -0.3 is 9.64 Å². The lowest BCUT2D eigenvalue weighted by Crippen LogP contribution is -2.54. The number of carbonyl (C=O) groups is 2. The zero-order valence-corrected chi connectivity index (χ0v) is 14.2. The molecular formula is C19H21N3O3. The van der Waals surface area contributed by atoms with Crippen molar-refractivity contribution in [3.05, 3.63) is 60.3 Å². The van der Waals surface area contributed by atoms with Crippen LogP contribution in [0.1, 0.15) is 12.5 Å². The minimum Gasteiger partial charge on any atom is -0.365 e. The van der Waals surface area contributed by atoms with Crippen molar-refractivity contribution in [2.75, 3.05) is 24.6 Å². The molecule has 0 bridgehead atoms. The van der Waals surface area contributed by atoms with Gasteiger partial charge in [0.05, 0.1) is 12.6 Å². The first kappa shape index (κ1) is 17.1. The Morgan fingerprint density at radius 3 is 2.52 bits per heavy atom. The number of likely N-dealkylation sites (tertiary alicyclic amines) is 1. The minimum atomic E-state index is -0.149. The van der Waals surface area contributed by atoms with Gasteiger partial charge in [-0.1, -0.05) is 36.4 Å². The Kier molecular flexibility index (Phi) is 5.40. The summed E-state index contributed by atoms with van der Waals surface area (Å²) in [4.78, 5) is 31.5. The van der Waals surface area contributed by atoms with E-state index in [0.29, 0.717) is 25.5 Å². The van der Waals surface area contributed by atoms with Crippen molar-refractivity contribution in [1.82, 2.24) is 9.88 Å². The average Bonchev–Trinajstić information content (AvgIpc) is 2.59. The molecule has 0 atom stereocenters. The molecule has 1 aliphatic heterocycles. The molecule has 6 nitrogen and oxygen atoms in total. The molecule has 1 saturated heterocycles. The first-order chi connectivity index (χ1) is 12.1. The number of pyridine rings is 1. The van der Waals surface area contributed by atoms with Gasteiger partial charge in [-0.3, -0.25) is 14.5 Å². The Morgan fingerprint density at radius 1 is 1.16 bits per heavy atom. The lowest BCUT2D eigenvalue weighted by atomic mass is 10.1.